The second-order valence-corrected chi connectivity index (χ2v) is 9.88. The van der Waals surface area contributed by atoms with Gasteiger partial charge in [0.05, 0.1) is 5.41 Å². The van der Waals surface area contributed by atoms with Crippen LogP contribution in [0, 0.1) is 11.8 Å². The molecule has 5 aromatic rings. The van der Waals surface area contributed by atoms with Crippen LogP contribution in [0.4, 0.5) is 0 Å². The molecule has 1 aliphatic rings. The average molecular weight is 539 g/mol. The summed E-state index contributed by atoms with van der Waals surface area (Å²) in [6.45, 7) is 0.340. The number of ether oxygens (including phenoxy) is 2. The quantitative estimate of drug-likeness (QED) is 0.177. The fraction of sp³-hybridized carbons (Fsp3) is 0.0833. The molecule has 0 aromatic heterocycles. The van der Waals surface area contributed by atoms with Crippen LogP contribution in [0.3, 0.4) is 0 Å². The summed E-state index contributed by atoms with van der Waals surface area (Å²) >= 11 is 0. The summed E-state index contributed by atoms with van der Waals surface area (Å²) < 4.78 is 12.8. The van der Waals surface area contributed by atoms with E-state index in [2.05, 4.69) is 11.8 Å². The highest BCUT2D eigenvalue weighted by Gasteiger charge is 2.47. The fourth-order valence-electron chi connectivity index (χ4n) is 5.34. The van der Waals surface area contributed by atoms with Crippen molar-refractivity contribution >= 4 is 6.29 Å². The van der Waals surface area contributed by atoms with E-state index in [0.717, 1.165) is 28.5 Å². The zero-order chi connectivity index (χ0) is 28.2. The molecule has 6 rings (SSSR count). The zero-order valence-corrected chi connectivity index (χ0v) is 22.1. The molecule has 41 heavy (non-hydrogen) atoms. The van der Waals surface area contributed by atoms with Gasteiger partial charge in [-0.1, -0.05) is 60.4 Å². The molecule has 0 spiro atoms. The van der Waals surface area contributed by atoms with Crippen LogP contribution < -0.4 is 9.47 Å². The van der Waals surface area contributed by atoms with Gasteiger partial charge in [-0.3, -0.25) is 4.79 Å². The number of hydrogen-bond acceptors (Lipinski definition) is 5. The molecule has 5 aromatic carbocycles. The normalized spacial score (nSPS) is 12.4. The third-order valence-electron chi connectivity index (χ3n) is 7.31. The van der Waals surface area contributed by atoms with Gasteiger partial charge in [-0.25, -0.2) is 0 Å². The van der Waals surface area contributed by atoms with Crippen molar-refractivity contribution in [3.63, 3.8) is 0 Å². The Bertz CT molecular complexity index is 1720. The molecule has 0 unspecified atom stereocenters. The number of benzene rings is 5. The van der Waals surface area contributed by atoms with Crippen molar-refractivity contribution in [2.24, 2.45) is 0 Å². The van der Waals surface area contributed by atoms with Gasteiger partial charge in [0.2, 0.25) is 0 Å². The molecule has 5 nitrogen and oxygen atoms in total. The number of aromatic hydroxyl groups is 2. The largest absolute Gasteiger partial charge is 0.508 e. The van der Waals surface area contributed by atoms with Gasteiger partial charge in [0, 0.05) is 16.7 Å². The smallest absolute Gasteiger partial charge is 0.151 e. The van der Waals surface area contributed by atoms with Gasteiger partial charge in [0.1, 0.15) is 36.2 Å². The first-order valence-corrected chi connectivity index (χ1v) is 13.2. The van der Waals surface area contributed by atoms with E-state index in [1.807, 2.05) is 72.8 Å². The van der Waals surface area contributed by atoms with Gasteiger partial charge in [-0.15, -0.1) is 0 Å². The van der Waals surface area contributed by atoms with Gasteiger partial charge in [0.15, 0.2) is 6.29 Å². The Morgan fingerprint density at radius 1 is 0.659 bits per heavy atom. The van der Waals surface area contributed by atoms with E-state index in [9.17, 15) is 15.0 Å². The highest BCUT2D eigenvalue weighted by Crippen LogP contribution is 2.52. The first kappa shape index (κ1) is 25.8. The molecule has 0 aliphatic heterocycles. The van der Waals surface area contributed by atoms with E-state index in [1.165, 1.54) is 0 Å². The lowest BCUT2D eigenvalue weighted by Gasteiger charge is -2.33. The van der Waals surface area contributed by atoms with E-state index in [4.69, 9.17) is 9.47 Å². The molecule has 0 radical (unpaired) electrons. The lowest BCUT2D eigenvalue weighted by molar-refractivity contribution is 0.112. The number of phenolic OH excluding ortho intramolecular Hbond substituents is 2. The molecule has 0 atom stereocenters. The van der Waals surface area contributed by atoms with Crippen LogP contribution in [-0.2, 0) is 5.41 Å². The van der Waals surface area contributed by atoms with Crippen molar-refractivity contribution in [3.8, 4) is 46.0 Å². The number of hydrogen-bond donors (Lipinski definition) is 2. The van der Waals surface area contributed by atoms with Crippen molar-refractivity contribution in [3.05, 3.63) is 143 Å². The van der Waals surface area contributed by atoms with E-state index in [0.29, 0.717) is 28.2 Å². The first-order valence-electron chi connectivity index (χ1n) is 13.2. The monoisotopic (exact) mass is 538 g/mol. The van der Waals surface area contributed by atoms with Crippen molar-refractivity contribution < 1.29 is 24.5 Å². The standard InChI is InChI=1S/C36H26O5/c37-22-26-14-19-33-32-20-17-28(39)21-34(32)36(23-40-29-7-3-1-4-8-29,24-41-30-9-5-2-6-10-30)35(33)31(26)18-13-25-11-15-27(38)16-12-25/h1-12,14-17,19-22,38-39H,23-24H2. The lowest BCUT2D eigenvalue weighted by atomic mass is 9.76. The van der Waals surface area contributed by atoms with Crippen molar-refractivity contribution in [1.82, 2.24) is 0 Å². The molecule has 0 saturated carbocycles. The Balaban J connectivity index is 1.57. The van der Waals surface area contributed by atoms with Crippen LogP contribution in [0.25, 0.3) is 11.1 Å². The fourth-order valence-corrected chi connectivity index (χ4v) is 5.34. The van der Waals surface area contributed by atoms with Gasteiger partial charge in [0.25, 0.3) is 0 Å². The number of carbonyl (C=O) groups excluding carboxylic acids is 1. The molecular formula is C36H26O5. The molecule has 0 fully saturated rings. The number of fused-ring (bicyclic) bond motifs is 3. The molecule has 0 amide bonds. The van der Waals surface area contributed by atoms with Gasteiger partial charge in [-0.05, 0) is 89.0 Å². The Morgan fingerprint density at radius 3 is 1.85 bits per heavy atom. The minimum absolute atomic E-state index is 0.118. The second kappa shape index (κ2) is 11.0. The number of phenols is 2. The molecule has 5 heteroatoms. The maximum Gasteiger partial charge on any atom is 0.151 e. The molecule has 0 heterocycles. The Morgan fingerprint density at radius 2 is 1.24 bits per heavy atom. The lowest BCUT2D eigenvalue weighted by Crippen LogP contribution is -2.40. The third-order valence-corrected chi connectivity index (χ3v) is 7.31. The molecule has 200 valence electrons. The summed E-state index contributed by atoms with van der Waals surface area (Å²) in [5.74, 6) is 8.07. The summed E-state index contributed by atoms with van der Waals surface area (Å²) in [4.78, 5) is 12.4. The number of carbonyl (C=O) groups is 1. The molecule has 0 saturated heterocycles. The predicted octanol–water partition coefficient (Wildman–Crippen LogP) is 6.73. The van der Waals surface area contributed by atoms with Crippen LogP contribution >= 0.6 is 0 Å². The van der Waals surface area contributed by atoms with Gasteiger partial charge in [-0.2, -0.15) is 0 Å². The Hall–Kier alpha value is -5.47. The summed E-state index contributed by atoms with van der Waals surface area (Å²) in [6, 6.07) is 34.6. The molecule has 1 aliphatic carbocycles. The topological polar surface area (TPSA) is 76.0 Å². The van der Waals surface area contributed by atoms with Gasteiger partial charge < -0.3 is 19.7 Å². The number of rotatable bonds is 7. The summed E-state index contributed by atoms with van der Waals surface area (Å²) in [5, 5.41) is 20.3. The van der Waals surface area contributed by atoms with Crippen molar-refractivity contribution in [2.75, 3.05) is 13.2 Å². The van der Waals surface area contributed by atoms with Crippen molar-refractivity contribution in [2.45, 2.75) is 5.41 Å². The maximum absolute atomic E-state index is 12.4. The summed E-state index contributed by atoms with van der Waals surface area (Å²) in [7, 11) is 0. The minimum Gasteiger partial charge on any atom is -0.508 e. The molecule has 0 bridgehead atoms. The van der Waals surface area contributed by atoms with Gasteiger partial charge >= 0.3 is 0 Å². The van der Waals surface area contributed by atoms with Crippen LogP contribution in [0.1, 0.15) is 32.6 Å². The predicted molar refractivity (Wildman–Crippen MR) is 158 cm³/mol. The minimum atomic E-state index is -0.924. The zero-order valence-electron chi connectivity index (χ0n) is 22.1. The summed E-state index contributed by atoms with van der Waals surface area (Å²) in [6.07, 6.45) is 0.808. The number of aldehydes is 1. The van der Waals surface area contributed by atoms with Crippen LogP contribution in [0.15, 0.2) is 115 Å². The second-order valence-electron chi connectivity index (χ2n) is 9.88. The van der Waals surface area contributed by atoms with Crippen molar-refractivity contribution in [1.29, 1.82) is 0 Å². The molecular weight excluding hydrogens is 512 g/mol. The maximum atomic E-state index is 12.4. The third kappa shape index (κ3) is 4.99. The van der Waals surface area contributed by atoms with Crippen LogP contribution in [-0.4, -0.2) is 29.7 Å². The highest BCUT2D eigenvalue weighted by atomic mass is 16.5. The molecule has 2 N–H and O–H groups in total. The highest BCUT2D eigenvalue weighted by molar-refractivity contribution is 5.90. The van der Waals surface area contributed by atoms with Crippen LogP contribution in [0.2, 0.25) is 0 Å². The van der Waals surface area contributed by atoms with Crippen LogP contribution in [0.5, 0.6) is 23.0 Å². The summed E-state index contributed by atoms with van der Waals surface area (Å²) in [5.41, 5.74) is 4.22. The Kier molecular flexibility index (Phi) is 6.89. The van der Waals surface area contributed by atoms with E-state index < -0.39 is 5.41 Å². The van der Waals surface area contributed by atoms with E-state index in [1.54, 1.807) is 42.5 Å². The first-order chi connectivity index (χ1) is 20.1. The Labute approximate surface area is 238 Å². The average Bonchev–Trinajstić information content (AvgIpc) is 3.28. The SMILES string of the molecule is O=Cc1ccc2c(c1C#Cc1ccc(O)cc1)C(COc1ccccc1)(COc1ccccc1)c1cc(O)ccc1-2. The van der Waals surface area contributed by atoms with E-state index in [-0.39, 0.29) is 24.7 Å². The van der Waals surface area contributed by atoms with E-state index >= 15 is 0 Å². The number of para-hydroxylation sites is 2.